The number of aromatic amines is 1. The lowest BCUT2D eigenvalue weighted by molar-refractivity contribution is 0.102. The summed E-state index contributed by atoms with van der Waals surface area (Å²) in [7, 11) is 2.16. The molecule has 1 fully saturated rings. The number of H-pyrrole nitrogens is 1. The quantitative estimate of drug-likeness (QED) is 0.350. The molecule has 1 saturated heterocycles. The highest BCUT2D eigenvalue weighted by atomic mass is 16.3. The molecule has 0 unspecified atom stereocenters. The summed E-state index contributed by atoms with van der Waals surface area (Å²) >= 11 is 0. The minimum absolute atomic E-state index is 0.162. The van der Waals surface area contributed by atoms with Gasteiger partial charge >= 0.3 is 0 Å². The molecule has 4 aromatic rings. The van der Waals surface area contributed by atoms with E-state index in [1.165, 1.54) is 5.56 Å². The van der Waals surface area contributed by atoms with Gasteiger partial charge in [-0.2, -0.15) is 0 Å². The third kappa shape index (κ3) is 6.48. The molecule has 0 bridgehead atoms. The maximum absolute atomic E-state index is 12.9. The van der Waals surface area contributed by atoms with Gasteiger partial charge in [-0.15, -0.1) is 0 Å². The number of hydrogen-bond donors (Lipinski definition) is 3. The van der Waals surface area contributed by atoms with Crippen molar-refractivity contribution in [2.24, 2.45) is 0 Å². The van der Waals surface area contributed by atoms with E-state index in [0.717, 1.165) is 66.4 Å². The van der Waals surface area contributed by atoms with Gasteiger partial charge in [-0.05, 0) is 68.9 Å². The molecule has 1 amide bonds. The third-order valence-electron chi connectivity index (χ3n) is 6.63. The first-order chi connectivity index (χ1) is 18.2. The minimum Gasteiger partial charge on any atom is -0.378 e. The van der Waals surface area contributed by atoms with Crippen molar-refractivity contribution in [2.45, 2.75) is 26.0 Å². The van der Waals surface area contributed by atoms with Gasteiger partial charge in [-0.1, -0.05) is 36.1 Å². The molecule has 5 rings (SSSR count). The molecule has 1 aliphatic rings. The van der Waals surface area contributed by atoms with Crippen LogP contribution in [0.15, 0.2) is 66.7 Å². The highest BCUT2D eigenvalue weighted by molar-refractivity contribution is 6.06. The average molecular weight is 508 g/mol. The second kappa shape index (κ2) is 10.8. The lowest BCUT2D eigenvalue weighted by Crippen LogP contribution is -2.43. The zero-order chi connectivity index (χ0) is 26.7. The van der Waals surface area contributed by atoms with Crippen LogP contribution in [-0.2, 0) is 6.54 Å². The number of aliphatic hydroxyl groups is 1. The zero-order valence-electron chi connectivity index (χ0n) is 22.1. The Morgan fingerprint density at radius 1 is 1.03 bits per heavy atom. The number of amides is 1. The van der Waals surface area contributed by atoms with E-state index in [1.807, 2.05) is 48.5 Å². The van der Waals surface area contributed by atoms with Gasteiger partial charge < -0.3 is 20.3 Å². The van der Waals surface area contributed by atoms with Gasteiger partial charge in [0.25, 0.3) is 5.91 Å². The Kier molecular flexibility index (Phi) is 7.30. The second-order valence-electron chi connectivity index (χ2n) is 10.4. The van der Waals surface area contributed by atoms with Crippen LogP contribution in [0.2, 0.25) is 0 Å². The van der Waals surface area contributed by atoms with E-state index in [9.17, 15) is 9.90 Å². The van der Waals surface area contributed by atoms with E-state index in [1.54, 1.807) is 19.9 Å². The number of carbonyl (C=O) groups excluding carboxylic acids is 1. The van der Waals surface area contributed by atoms with E-state index < -0.39 is 5.60 Å². The monoisotopic (exact) mass is 507 g/mol. The Morgan fingerprint density at radius 2 is 1.74 bits per heavy atom. The Bertz CT molecular complexity index is 1480. The van der Waals surface area contributed by atoms with Crippen LogP contribution in [0.25, 0.3) is 22.4 Å². The van der Waals surface area contributed by atoms with Crippen LogP contribution in [-0.4, -0.2) is 69.6 Å². The summed E-state index contributed by atoms with van der Waals surface area (Å²) in [6.07, 6.45) is 0. The van der Waals surface area contributed by atoms with Crippen molar-refractivity contribution in [2.75, 3.05) is 38.5 Å². The Hall–Kier alpha value is -3.96. The fourth-order valence-electron chi connectivity index (χ4n) is 4.39. The molecule has 3 N–H and O–H groups in total. The van der Waals surface area contributed by atoms with E-state index in [-0.39, 0.29) is 5.91 Å². The number of nitrogens with one attached hydrogen (secondary N) is 2. The van der Waals surface area contributed by atoms with E-state index >= 15 is 0 Å². The predicted octanol–water partition coefficient (Wildman–Crippen LogP) is 4.35. The summed E-state index contributed by atoms with van der Waals surface area (Å²) in [5, 5.41) is 12.8. The largest absolute Gasteiger partial charge is 0.378 e. The van der Waals surface area contributed by atoms with Crippen LogP contribution >= 0.6 is 0 Å². The number of benzene rings is 3. The van der Waals surface area contributed by atoms with Crippen molar-refractivity contribution in [1.82, 2.24) is 19.8 Å². The van der Waals surface area contributed by atoms with Crippen molar-refractivity contribution >= 4 is 22.6 Å². The third-order valence-corrected chi connectivity index (χ3v) is 6.63. The number of fused-ring (bicyclic) bond motifs is 1. The number of hydrogen-bond acceptors (Lipinski definition) is 5. The van der Waals surface area contributed by atoms with Crippen LogP contribution in [0.5, 0.6) is 0 Å². The van der Waals surface area contributed by atoms with Crippen LogP contribution in [0, 0.1) is 11.8 Å². The smallest absolute Gasteiger partial charge is 0.255 e. The first-order valence-electron chi connectivity index (χ1n) is 12.9. The molecule has 1 aliphatic heterocycles. The number of anilines is 1. The SMILES string of the molecule is CN1CCN(Cc2ccc(NC(=O)c3ccc4nc(-c5ccc(C#CC(C)(C)O)cc5)[nH]c4c3)cc2)CC1. The number of imidazole rings is 1. The van der Waals surface area contributed by atoms with Gasteiger partial charge in [0.05, 0.1) is 11.0 Å². The predicted molar refractivity (Wildman–Crippen MR) is 152 cm³/mol. The van der Waals surface area contributed by atoms with Gasteiger partial charge in [0.1, 0.15) is 11.4 Å². The first kappa shape index (κ1) is 25.7. The molecular formula is C31H33N5O2. The van der Waals surface area contributed by atoms with Gasteiger partial charge in [0.2, 0.25) is 0 Å². The topological polar surface area (TPSA) is 84.5 Å². The van der Waals surface area contributed by atoms with Crippen molar-refractivity contribution in [3.63, 3.8) is 0 Å². The minimum atomic E-state index is -1.03. The van der Waals surface area contributed by atoms with Gasteiger partial charge in [0, 0.05) is 55.1 Å². The highest BCUT2D eigenvalue weighted by Gasteiger charge is 2.14. The fourth-order valence-corrected chi connectivity index (χ4v) is 4.39. The normalized spacial score (nSPS) is 14.7. The number of aromatic nitrogens is 2. The highest BCUT2D eigenvalue weighted by Crippen LogP contribution is 2.22. The number of carbonyl (C=O) groups is 1. The summed E-state index contributed by atoms with van der Waals surface area (Å²) in [5.74, 6) is 6.34. The van der Waals surface area contributed by atoms with Crippen LogP contribution < -0.4 is 5.32 Å². The van der Waals surface area contributed by atoms with Gasteiger partial charge in [0.15, 0.2) is 0 Å². The average Bonchev–Trinajstić information content (AvgIpc) is 3.33. The van der Waals surface area contributed by atoms with Crippen molar-refractivity contribution in [3.05, 3.63) is 83.4 Å². The van der Waals surface area contributed by atoms with Crippen LogP contribution in [0.4, 0.5) is 5.69 Å². The number of piperazine rings is 1. The van der Waals surface area contributed by atoms with E-state index in [2.05, 4.69) is 56.1 Å². The Morgan fingerprint density at radius 3 is 2.42 bits per heavy atom. The number of likely N-dealkylation sites (N-methyl/N-ethyl adjacent to an activating group) is 1. The maximum Gasteiger partial charge on any atom is 0.255 e. The van der Waals surface area contributed by atoms with Crippen molar-refractivity contribution in [3.8, 4) is 23.2 Å². The number of rotatable bonds is 5. The second-order valence-corrected chi connectivity index (χ2v) is 10.4. The van der Waals surface area contributed by atoms with E-state index in [4.69, 9.17) is 0 Å². The Labute approximate surface area is 223 Å². The first-order valence-corrected chi connectivity index (χ1v) is 12.9. The molecule has 0 atom stereocenters. The molecule has 1 aromatic heterocycles. The summed E-state index contributed by atoms with van der Waals surface area (Å²) in [4.78, 5) is 25.8. The molecule has 3 aromatic carbocycles. The lowest BCUT2D eigenvalue weighted by atomic mass is 10.1. The molecule has 7 heteroatoms. The summed E-state index contributed by atoms with van der Waals surface area (Å²) in [6, 6.07) is 21.2. The molecule has 0 saturated carbocycles. The standard InChI is InChI=1S/C31H33N5O2/c1-31(2,38)15-14-22-4-8-24(9-5-22)29-33-27-13-10-25(20-28(27)34-29)30(37)32-26-11-6-23(7-12-26)21-36-18-16-35(3)17-19-36/h4-13,20,38H,16-19,21H2,1-3H3,(H,32,37)(H,33,34). The summed E-state index contributed by atoms with van der Waals surface area (Å²) in [5.41, 5.74) is 4.86. The fraction of sp³-hybridized carbons (Fsp3) is 0.290. The molecule has 0 spiro atoms. The van der Waals surface area contributed by atoms with E-state index in [0.29, 0.717) is 5.56 Å². The van der Waals surface area contributed by atoms with Gasteiger partial charge in [-0.25, -0.2) is 4.98 Å². The summed E-state index contributed by atoms with van der Waals surface area (Å²) in [6.45, 7) is 8.60. The number of nitrogens with zero attached hydrogens (tertiary/aromatic N) is 3. The Balaban J connectivity index is 1.24. The van der Waals surface area contributed by atoms with Crippen molar-refractivity contribution < 1.29 is 9.90 Å². The molecule has 0 radical (unpaired) electrons. The van der Waals surface area contributed by atoms with Crippen molar-refractivity contribution in [1.29, 1.82) is 0 Å². The molecule has 194 valence electrons. The van der Waals surface area contributed by atoms with Gasteiger partial charge in [-0.3, -0.25) is 9.69 Å². The molecular weight excluding hydrogens is 474 g/mol. The molecule has 2 heterocycles. The molecule has 38 heavy (non-hydrogen) atoms. The van der Waals surface area contributed by atoms with Crippen LogP contribution in [0.3, 0.4) is 0 Å². The zero-order valence-corrected chi connectivity index (χ0v) is 22.1. The molecule has 7 nitrogen and oxygen atoms in total. The lowest BCUT2D eigenvalue weighted by Gasteiger charge is -2.32. The maximum atomic E-state index is 12.9. The summed E-state index contributed by atoms with van der Waals surface area (Å²) < 4.78 is 0. The van der Waals surface area contributed by atoms with Crippen LogP contribution in [0.1, 0.15) is 35.3 Å². The molecule has 0 aliphatic carbocycles.